The van der Waals surface area contributed by atoms with Crippen LogP contribution in [0.2, 0.25) is 0 Å². The largest absolute Gasteiger partial charge is 0.284 e. The van der Waals surface area contributed by atoms with E-state index in [0.29, 0.717) is 5.92 Å². The summed E-state index contributed by atoms with van der Waals surface area (Å²) in [6.07, 6.45) is 9.04. The van der Waals surface area contributed by atoms with E-state index in [1.54, 1.807) is 5.31 Å². The highest BCUT2D eigenvalue weighted by molar-refractivity contribution is 7.69. The van der Waals surface area contributed by atoms with Gasteiger partial charge in [-0.2, -0.15) is 0 Å². The van der Waals surface area contributed by atoms with Gasteiger partial charge < -0.3 is 0 Å². The summed E-state index contributed by atoms with van der Waals surface area (Å²) in [5.41, 5.74) is 2.16. The molecule has 0 aromatic rings. The number of nitrogens with zero attached hydrogens (tertiary/aromatic N) is 1. The normalized spacial score (nSPS) is 30.4. The lowest BCUT2D eigenvalue weighted by Gasteiger charge is -2.06. The van der Waals surface area contributed by atoms with Gasteiger partial charge in [0.05, 0.1) is 0 Å². The minimum Gasteiger partial charge on any atom is -0.284 e. The molecule has 1 nitrogen and oxygen atoms in total. The van der Waals surface area contributed by atoms with Crippen molar-refractivity contribution in [3.63, 3.8) is 0 Å². The Hall–Kier alpha value is -0.390. The first kappa shape index (κ1) is 13.7. The van der Waals surface area contributed by atoms with Crippen molar-refractivity contribution in [3.8, 4) is 0 Å². The Kier molecular flexibility index (Phi) is 4.95. The highest BCUT2D eigenvalue weighted by atomic mass is 31.1. The molecule has 3 unspecified atom stereocenters. The summed E-state index contributed by atoms with van der Waals surface area (Å²) in [7, 11) is 4.43. The second-order valence-electron chi connectivity index (χ2n) is 4.73. The quantitative estimate of drug-likeness (QED) is 0.518. The van der Waals surface area contributed by atoms with E-state index in [9.17, 15) is 0 Å². The van der Waals surface area contributed by atoms with Gasteiger partial charge in [0.1, 0.15) is 0 Å². The number of allylic oxidation sites excluding steroid dienone is 6. The van der Waals surface area contributed by atoms with Crippen LogP contribution in [0.5, 0.6) is 0 Å². The van der Waals surface area contributed by atoms with Crippen molar-refractivity contribution in [2.24, 2.45) is 5.92 Å². The summed E-state index contributed by atoms with van der Waals surface area (Å²) >= 11 is 0. The summed E-state index contributed by atoms with van der Waals surface area (Å²) in [5.74, 6) is 0.557. The fourth-order valence-corrected chi connectivity index (χ4v) is 4.54. The average Bonchev–Trinajstić information content (AvgIpc) is 2.76. The Bertz CT molecular complexity index is 326. The van der Waals surface area contributed by atoms with Crippen molar-refractivity contribution in [2.75, 3.05) is 14.1 Å². The van der Waals surface area contributed by atoms with Crippen LogP contribution in [-0.2, 0) is 0 Å². The Morgan fingerprint density at radius 3 is 2.50 bits per heavy atom. The maximum absolute atomic E-state index is 2.45. The van der Waals surface area contributed by atoms with E-state index in [-0.39, 0.29) is 8.07 Å². The molecule has 0 amide bonds. The molecule has 0 radical (unpaired) electrons. The fourth-order valence-electron chi connectivity index (χ4n) is 2.15. The van der Waals surface area contributed by atoms with Crippen LogP contribution in [0.25, 0.3) is 0 Å². The first-order valence-electron chi connectivity index (χ1n) is 5.96. The van der Waals surface area contributed by atoms with Gasteiger partial charge in [-0.25, -0.2) is 0 Å². The molecule has 1 heterocycles. The second kappa shape index (κ2) is 5.80. The smallest absolute Gasteiger partial charge is 0.0198 e. The zero-order chi connectivity index (χ0) is 12.3. The van der Waals surface area contributed by atoms with Gasteiger partial charge in [0.2, 0.25) is 0 Å². The van der Waals surface area contributed by atoms with Crippen LogP contribution in [0.15, 0.2) is 35.2 Å². The third kappa shape index (κ3) is 3.57. The third-order valence-corrected chi connectivity index (χ3v) is 5.47. The Morgan fingerprint density at radius 1 is 1.44 bits per heavy atom. The first-order valence-corrected chi connectivity index (χ1v) is 7.33. The van der Waals surface area contributed by atoms with Gasteiger partial charge in [0.15, 0.2) is 0 Å². The second-order valence-corrected chi connectivity index (χ2v) is 7.51. The van der Waals surface area contributed by atoms with Gasteiger partial charge in [-0.1, -0.05) is 43.7 Å². The van der Waals surface area contributed by atoms with Crippen LogP contribution in [0.3, 0.4) is 0 Å². The minimum atomic E-state index is 0.0477. The zero-order valence-electron chi connectivity index (χ0n) is 11.4. The minimum absolute atomic E-state index is 0.0477. The van der Waals surface area contributed by atoms with Gasteiger partial charge in [0, 0.05) is 5.66 Å². The molecule has 0 N–H and O–H groups in total. The summed E-state index contributed by atoms with van der Waals surface area (Å²) in [6, 6.07) is 0. The van der Waals surface area contributed by atoms with E-state index in [4.69, 9.17) is 0 Å². The van der Waals surface area contributed by atoms with Gasteiger partial charge in [-0.3, -0.25) is 4.67 Å². The van der Waals surface area contributed by atoms with E-state index >= 15 is 0 Å². The Balaban J connectivity index is 2.62. The predicted octanol–water partition coefficient (Wildman–Crippen LogP) is 4.39. The Morgan fingerprint density at radius 2 is 2.06 bits per heavy atom. The molecule has 1 aliphatic rings. The summed E-state index contributed by atoms with van der Waals surface area (Å²) in [5, 5.41) is 1.66. The molecule has 0 aromatic heterocycles. The standard InChI is InChI=1S/C14H24NP/c1-7-8-11(2)9-12(3)10-14-13(4)16(14)15(5)6/h7-10,12-13H,1-6H3/b8-7-,11-9-,14-10-. The summed E-state index contributed by atoms with van der Waals surface area (Å²) in [4.78, 5) is 0. The van der Waals surface area contributed by atoms with E-state index in [1.165, 1.54) is 5.57 Å². The molecule has 0 spiro atoms. The van der Waals surface area contributed by atoms with Gasteiger partial charge >= 0.3 is 0 Å². The fraction of sp³-hybridized carbons (Fsp3) is 0.571. The molecular weight excluding hydrogens is 213 g/mol. The van der Waals surface area contributed by atoms with Crippen molar-refractivity contribution in [1.82, 2.24) is 4.67 Å². The molecule has 0 aliphatic carbocycles. The average molecular weight is 237 g/mol. The van der Waals surface area contributed by atoms with Crippen molar-refractivity contribution in [1.29, 1.82) is 0 Å². The van der Waals surface area contributed by atoms with Crippen LogP contribution in [0, 0.1) is 5.92 Å². The molecular formula is C14H24NP. The molecule has 3 atom stereocenters. The summed E-state index contributed by atoms with van der Waals surface area (Å²) < 4.78 is 2.38. The highest BCUT2D eigenvalue weighted by Gasteiger charge is 2.41. The molecule has 0 saturated carbocycles. The summed E-state index contributed by atoms with van der Waals surface area (Å²) in [6.45, 7) is 8.84. The van der Waals surface area contributed by atoms with E-state index in [1.807, 2.05) is 0 Å². The van der Waals surface area contributed by atoms with Gasteiger partial charge in [-0.05, 0) is 47.2 Å². The number of hydrogen-bond acceptors (Lipinski definition) is 1. The van der Waals surface area contributed by atoms with E-state index in [2.05, 4.69) is 70.8 Å². The molecule has 1 aliphatic heterocycles. The SMILES string of the molecule is C/C=C\C(C)=C/C(C)/C=C1/C(C)P1N(C)C. The van der Waals surface area contributed by atoms with Crippen molar-refractivity contribution < 1.29 is 0 Å². The maximum Gasteiger partial charge on any atom is 0.0198 e. The molecule has 90 valence electrons. The lowest BCUT2D eigenvalue weighted by Crippen LogP contribution is -1.96. The molecule has 16 heavy (non-hydrogen) atoms. The van der Waals surface area contributed by atoms with Crippen LogP contribution >= 0.6 is 8.07 Å². The van der Waals surface area contributed by atoms with Gasteiger partial charge in [0.25, 0.3) is 0 Å². The van der Waals surface area contributed by atoms with E-state index < -0.39 is 0 Å². The topological polar surface area (TPSA) is 3.24 Å². The van der Waals surface area contributed by atoms with Crippen molar-refractivity contribution in [2.45, 2.75) is 33.4 Å². The van der Waals surface area contributed by atoms with Crippen LogP contribution in [-0.4, -0.2) is 24.4 Å². The van der Waals surface area contributed by atoms with Crippen LogP contribution < -0.4 is 0 Å². The molecule has 1 fully saturated rings. The lowest BCUT2D eigenvalue weighted by molar-refractivity contribution is 0.689. The van der Waals surface area contributed by atoms with Crippen LogP contribution in [0.4, 0.5) is 0 Å². The van der Waals surface area contributed by atoms with Crippen LogP contribution in [0.1, 0.15) is 27.7 Å². The van der Waals surface area contributed by atoms with Gasteiger partial charge in [-0.15, -0.1) is 0 Å². The molecule has 0 aromatic carbocycles. The lowest BCUT2D eigenvalue weighted by atomic mass is 10.1. The molecule has 0 bridgehead atoms. The first-order chi connectivity index (χ1) is 7.47. The highest BCUT2D eigenvalue weighted by Crippen LogP contribution is 2.71. The third-order valence-electron chi connectivity index (χ3n) is 2.81. The number of rotatable bonds is 4. The molecule has 1 rings (SSSR count). The monoisotopic (exact) mass is 237 g/mol. The maximum atomic E-state index is 2.45. The van der Waals surface area contributed by atoms with Crippen molar-refractivity contribution >= 4 is 8.07 Å². The number of hydrogen-bond donors (Lipinski definition) is 0. The predicted molar refractivity (Wildman–Crippen MR) is 75.9 cm³/mol. The molecule has 2 heteroatoms. The van der Waals surface area contributed by atoms with Crippen molar-refractivity contribution in [3.05, 3.63) is 35.2 Å². The zero-order valence-corrected chi connectivity index (χ0v) is 12.3. The molecule has 1 saturated heterocycles. The van der Waals surface area contributed by atoms with E-state index in [0.717, 1.165) is 5.66 Å². The Labute approximate surface area is 102 Å².